The molecular formula is C70H102Br2N4O4. The molecule has 0 radical (unpaired) electrons. The Bertz CT molecular complexity index is 2570. The van der Waals surface area contributed by atoms with E-state index in [1.807, 2.05) is 12.1 Å². The minimum absolute atomic E-state index is 0.237. The molecule has 2 aromatic heterocycles. The van der Waals surface area contributed by atoms with Crippen molar-refractivity contribution < 1.29 is 19.2 Å². The maximum absolute atomic E-state index is 14.9. The second kappa shape index (κ2) is 34.3. The fourth-order valence-electron chi connectivity index (χ4n) is 13.6. The highest BCUT2D eigenvalue weighted by atomic mass is 79.9. The standard InChI is InChI=1S/C70H102Br2N4O4/c1-5-9-13-17-21-25-27-31-35-39-43-51(41-37-33-29-23-19-15-11-7-3)49-75-67(77)53-45-57(71)61-63-59(53)55(69(75)79)47-73-65(63)62-58(72)46-54-60-56(48-74-66(61)64(60)62)70(80)76(68(54)78)50-52(42-38-34-30-24-20-16-12-8-4)44-40-36-32-28-26-22-18-14-10-6-2/h45-48,51-52H,5-44,49-50H2,1-4H3. The summed E-state index contributed by atoms with van der Waals surface area (Å²) in [5, 5.41) is 4.05. The van der Waals surface area contributed by atoms with E-state index in [2.05, 4.69) is 59.6 Å². The number of halogens is 2. The van der Waals surface area contributed by atoms with E-state index in [9.17, 15) is 19.2 Å². The number of aromatic nitrogens is 2. The van der Waals surface area contributed by atoms with Crippen molar-refractivity contribution in [2.45, 2.75) is 285 Å². The van der Waals surface area contributed by atoms with Crippen LogP contribution in [0.15, 0.2) is 33.5 Å². The Morgan fingerprint density at radius 1 is 0.325 bits per heavy atom. The summed E-state index contributed by atoms with van der Waals surface area (Å²) in [6.45, 7) is 9.89. The molecule has 0 saturated carbocycles. The average Bonchev–Trinajstić information content (AvgIpc) is 3.55. The summed E-state index contributed by atoms with van der Waals surface area (Å²) in [7, 11) is 0. The predicted octanol–water partition coefficient (Wildman–Crippen LogP) is 22.2. The molecular weight excluding hydrogens is 1120 g/mol. The molecule has 80 heavy (non-hydrogen) atoms. The van der Waals surface area contributed by atoms with E-state index < -0.39 is 0 Å². The number of carbonyl (C=O) groups excluding carboxylic acids is 4. The molecule has 0 bridgehead atoms. The quantitative estimate of drug-likeness (QED) is 0.0167. The Morgan fingerprint density at radius 2 is 0.562 bits per heavy atom. The monoisotopic (exact) mass is 1220 g/mol. The van der Waals surface area contributed by atoms with Crippen molar-refractivity contribution in [2.24, 2.45) is 11.8 Å². The number of rotatable bonds is 44. The van der Waals surface area contributed by atoms with Crippen LogP contribution in [0.4, 0.5) is 0 Å². The summed E-state index contributed by atoms with van der Waals surface area (Å²) in [6.07, 6.45) is 53.0. The van der Waals surface area contributed by atoms with Crippen LogP contribution in [0.3, 0.4) is 0 Å². The zero-order chi connectivity index (χ0) is 56.6. The molecule has 7 rings (SSSR count). The van der Waals surface area contributed by atoms with Crippen LogP contribution < -0.4 is 0 Å². The molecule has 2 aliphatic heterocycles. The molecule has 10 heteroatoms. The first kappa shape index (κ1) is 64.1. The van der Waals surface area contributed by atoms with Gasteiger partial charge < -0.3 is 0 Å². The Labute approximate surface area is 499 Å². The molecule has 8 nitrogen and oxygen atoms in total. The first-order valence-corrected chi connectivity index (χ1v) is 34.8. The lowest BCUT2D eigenvalue weighted by Gasteiger charge is -2.32. The van der Waals surface area contributed by atoms with Crippen molar-refractivity contribution in [1.82, 2.24) is 19.8 Å². The molecule has 0 N–H and O–H groups in total. The molecule has 2 unspecified atom stereocenters. The van der Waals surface area contributed by atoms with Crippen LogP contribution in [-0.4, -0.2) is 56.5 Å². The van der Waals surface area contributed by atoms with Crippen LogP contribution in [0.1, 0.15) is 326 Å². The number of fused-ring (bicyclic) bond motifs is 2. The highest BCUT2D eigenvalue weighted by Crippen LogP contribution is 2.49. The Hall–Kier alpha value is -3.50. The normalized spacial score (nSPS) is 14.4. The largest absolute Gasteiger partial charge is 0.274 e. The smallest absolute Gasteiger partial charge is 0.262 e. The highest BCUT2D eigenvalue weighted by Gasteiger charge is 2.40. The summed E-state index contributed by atoms with van der Waals surface area (Å²) in [5.74, 6) is -0.616. The van der Waals surface area contributed by atoms with E-state index in [4.69, 9.17) is 9.97 Å². The third-order valence-electron chi connectivity index (χ3n) is 18.3. The molecule has 0 fully saturated rings. The number of amides is 4. The minimum Gasteiger partial charge on any atom is -0.274 e. The molecule has 5 aromatic rings. The fourth-order valence-corrected chi connectivity index (χ4v) is 14.8. The number of pyridine rings is 2. The van der Waals surface area contributed by atoms with E-state index in [0.717, 1.165) is 62.1 Å². The maximum atomic E-state index is 14.9. The van der Waals surface area contributed by atoms with Crippen molar-refractivity contribution in [3.63, 3.8) is 0 Å². The van der Waals surface area contributed by atoms with Crippen molar-refractivity contribution in [3.8, 4) is 0 Å². The first-order chi connectivity index (χ1) is 39.2. The van der Waals surface area contributed by atoms with Crippen LogP contribution in [0.2, 0.25) is 0 Å². The summed E-state index contributed by atoms with van der Waals surface area (Å²) in [6, 6.07) is 3.75. The molecule has 0 spiro atoms. The summed E-state index contributed by atoms with van der Waals surface area (Å²) >= 11 is 7.85. The second-order valence-corrected chi connectivity index (χ2v) is 26.5. The van der Waals surface area contributed by atoms with E-state index in [1.165, 1.54) is 215 Å². The topological polar surface area (TPSA) is 101 Å². The van der Waals surface area contributed by atoms with Gasteiger partial charge in [0, 0.05) is 77.9 Å². The van der Waals surface area contributed by atoms with Crippen LogP contribution in [0.5, 0.6) is 0 Å². The van der Waals surface area contributed by atoms with Crippen molar-refractivity contribution in [2.75, 3.05) is 13.1 Å². The molecule has 4 heterocycles. The van der Waals surface area contributed by atoms with Crippen LogP contribution in [0, 0.1) is 11.8 Å². The van der Waals surface area contributed by atoms with Gasteiger partial charge in [-0.3, -0.25) is 38.9 Å². The van der Waals surface area contributed by atoms with Crippen LogP contribution >= 0.6 is 31.9 Å². The number of imide groups is 2. The zero-order valence-electron chi connectivity index (χ0n) is 50.3. The molecule has 3 aromatic carbocycles. The second-order valence-electron chi connectivity index (χ2n) is 24.7. The van der Waals surface area contributed by atoms with Crippen LogP contribution in [-0.2, 0) is 0 Å². The van der Waals surface area contributed by atoms with Gasteiger partial charge in [0.05, 0.1) is 22.2 Å². The number of benzene rings is 3. The van der Waals surface area contributed by atoms with Crippen molar-refractivity contribution in [1.29, 1.82) is 0 Å². The number of carbonyl (C=O) groups is 4. The van der Waals surface area contributed by atoms with E-state index in [1.54, 1.807) is 12.4 Å². The molecule has 440 valence electrons. The molecule has 4 amide bonds. The molecule has 2 atom stereocenters. The molecule has 0 aliphatic carbocycles. The van der Waals surface area contributed by atoms with Gasteiger partial charge in [0.2, 0.25) is 0 Å². The van der Waals surface area contributed by atoms with Gasteiger partial charge in [-0.05, 0) is 49.7 Å². The highest BCUT2D eigenvalue weighted by molar-refractivity contribution is 9.11. The van der Waals surface area contributed by atoms with E-state index >= 15 is 0 Å². The Balaban J connectivity index is 1.10. The number of hydrogen-bond donors (Lipinski definition) is 0. The van der Waals surface area contributed by atoms with Crippen LogP contribution in [0.25, 0.3) is 43.4 Å². The third kappa shape index (κ3) is 16.9. The number of nitrogens with zero attached hydrogens (tertiary/aromatic N) is 4. The van der Waals surface area contributed by atoms with Crippen molar-refractivity contribution >= 4 is 98.8 Å². The van der Waals surface area contributed by atoms with Gasteiger partial charge in [-0.25, -0.2) is 0 Å². The number of unbranched alkanes of at least 4 members (excludes halogenated alkanes) is 32. The van der Waals surface area contributed by atoms with Gasteiger partial charge in [0.25, 0.3) is 23.6 Å². The van der Waals surface area contributed by atoms with Crippen molar-refractivity contribution in [3.05, 3.63) is 55.7 Å². The SMILES string of the molecule is CCCCCCCCCCCCC(CCCCCCCCCC)CN1C(=O)c2cnc3c4c(Br)cc5c6c(cnc(c7c(Br)cc(c2c37)C1=O)c64)C(=O)N(CC(CCCCCCCCCC)CCCCCCCCCCCC)C5=O. The van der Waals surface area contributed by atoms with Gasteiger partial charge in [0.15, 0.2) is 0 Å². The maximum Gasteiger partial charge on any atom is 0.262 e. The summed E-state index contributed by atoms with van der Waals surface area (Å²) < 4.78 is 1.34. The summed E-state index contributed by atoms with van der Waals surface area (Å²) in [4.78, 5) is 72.8. The first-order valence-electron chi connectivity index (χ1n) is 33.2. The van der Waals surface area contributed by atoms with E-state index in [0.29, 0.717) is 76.9 Å². The predicted molar refractivity (Wildman–Crippen MR) is 344 cm³/mol. The minimum atomic E-state index is -0.285. The van der Waals surface area contributed by atoms with Gasteiger partial charge in [-0.1, -0.05) is 291 Å². The number of hydrogen-bond acceptors (Lipinski definition) is 6. The lowest BCUT2D eigenvalue weighted by molar-refractivity contribution is 0.0562. The van der Waals surface area contributed by atoms with E-state index in [-0.39, 0.29) is 35.5 Å². The molecule has 0 saturated heterocycles. The van der Waals surface area contributed by atoms with Gasteiger partial charge in [0.1, 0.15) is 0 Å². The molecule has 2 aliphatic rings. The average molecular weight is 1220 g/mol. The lowest BCUT2D eigenvalue weighted by atomic mass is 9.85. The third-order valence-corrected chi connectivity index (χ3v) is 19.6. The summed E-state index contributed by atoms with van der Waals surface area (Å²) in [5.41, 5.74) is 3.06. The lowest BCUT2D eigenvalue weighted by Crippen LogP contribution is -2.43. The van der Waals surface area contributed by atoms with Gasteiger partial charge >= 0.3 is 0 Å². The van der Waals surface area contributed by atoms with Gasteiger partial charge in [-0.2, -0.15) is 0 Å². The Kier molecular flexibility index (Phi) is 27.5. The Morgan fingerprint density at radius 3 is 0.825 bits per heavy atom. The zero-order valence-corrected chi connectivity index (χ0v) is 53.5. The fraction of sp³-hybridized carbons (Fsp3) is 0.686. The van der Waals surface area contributed by atoms with Gasteiger partial charge in [-0.15, -0.1) is 0 Å².